The van der Waals surface area contributed by atoms with Crippen molar-refractivity contribution in [2.75, 3.05) is 5.32 Å². The number of carbonyl (C=O) groups excluding carboxylic acids is 1. The highest BCUT2D eigenvalue weighted by Crippen LogP contribution is 2.29. The number of fused-ring (bicyclic) bond motifs is 1. The molecule has 0 saturated heterocycles. The van der Waals surface area contributed by atoms with Crippen molar-refractivity contribution < 1.29 is 9.21 Å². The molecule has 22 heavy (non-hydrogen) atoms. The Morgan fingerprint density at radius 2 is 2.00 bits per heavy atom. The number of para-hydroxylation sites is 2. The summed E-state index contributed by atoms with van der Waals surface area (Å²) in [7, 11) is 0. The Morgan fingerprint density at radius 3 is 2.77 bits per heavy atom. The smallest absolute Gasteiger partial charge is 0.227 e. The van der Waals surface area contributed by atoms with Crippen LogP contribution in [0.5, 0.6) is 0 Å². The fourth-order valence-electron chi connectivity index (χ4n) is 2.64. The van der Waals surface area contributed by atoms with Crippen molar-refractivity contribution in [3.63, 3.8) is 0 Å². The Hall–Kier alpha value is -2.62. The van der Waals surface area contributed by atoms with Gasteiger partial charge in [-0.15, -0.1) is 0 Å². The van der Waals surface area contributed by atoms with E-state index < -0.39 is 0 Å². The molecule has 4 nitrogen and oxygen atoms in total. The highest BCUT2D eigenvalue weighted by molar-refractivity contribution is 5.93. The van der Waals surface area contributed by atoms with Crippen molar-refractivity contribution in [2.24, 2.45) is 5.92 Å². The SMILES string of the molecule is O=C(Nc1cccc(-c2nc3ccccc3o2)c1)C1CCC1. The maximum absolute atomic E-state index is 12.0. The summed E-state index contributed by atoms with van der Waals surface area (Å²) in [5, 5.41) is 2.98. The second-order valence-corrected chi connectivity index (χ2v) is 5.68. The largest absolute Gasteiger partial charge is 0.436 e. The number of amides is 1. The van der Waals surface area contributed by atoms with Crippen LogP contribution in [0.25, 0.3) is 22.6 Å². The topological polar surface area (TPSA) is 55.1 Å². The monoisotopic (exact) mass is 292 g/mol. The molecule has 0 atom stereocenters. The van der Waals surface area contributed by atoms with Gasteiger partial charge in [-0.25, -0.2) is 4.98 Å². The van der Waals surface area contributed by atoms with Crippen LogP contribution in [0.1, 0.15) is 19.3 Å². The van der Waals surface area contributed by atoms with Gasteiger partial charge in [0.2, 0.25) is 11.8 Å². The number of anilines is 1. The maximum Gasteiger partial charge on any atom is 0.227 e. The maximum atomic E-state index is 12.0. The minimum Gasteiger partial charge on any atom is -0.436 e. The first-order valence-electron chi connectivity index (χ1n) is 7.56. The van der Waals surface area contributed by atoms with E-state index in [1.165, 1.54) is 0 Å². The molecule has 0 radical (unpaired) electrons. The lowest BCUT2D eigenvalue weighted by Gasteiger charge is -2.24. The molecule has 0 spiro atoms. The molecule has 0 aliphatic heterocycles. The van der Waals surface area contributed by atoms with Gasteiger partial charge in [-0.3, -0.25) is 4.79 Å². The van der Waals surface area contributed by atoms with Crippen LogP contribution in [-0.2, 0) is 4.79 Å². The Bertz CT molecular complexity index is 801. The van der Waals surface area contributed by atoms with Crippen molar-refractivity contribution in [3.8, 4) is 11.5 Å². The van der Waals surface area contributed by atoms with Gasteiger partial charge in [-0.2, -0.15) is 0 Å². The standard InChI is InChI=1S/C18H16N2O2/c21-17(12-5-3-6-12)19-14-8-4-7-13(11-14)18-20-15-9-1-2-10-16(15)22-18/h1-2,4,7-12H,3,5-6H2,(H,19,21). The quantitative estimate of drug-likeness (QED) is 0.785. The summed E-state index contributed by atoms with van der Waals surface area (Å²) < 4.78 is 5.77. The summed E-state index contributed by atoms with van der Waals surface area (Å²) in [6, 6.07) is 15.3. The van der Waals surface area contributed by atoms with Gasteiger partial charge < -0.3 is 9.73 Å². The Labute approximate surface area is 128 Å². The van der Waals surface area contributed by atoms with Crippen LogP contribution in [0.3, 0.4) is 0 Å². The molecule has 0 unspecified atom stereocenters. The third kappa shape index (κ3) is 2.37. The van der Waals surface area contributed by atoms with E-state index in [9.17, 15) is 4.79 Å². The molecule has 1 aliphatic carbocycles. The summed E-state index contributed by atoms with van der Waals surface area (Å²) in [6.07, 6.45) is 3.15. The highest BCUT2D eigenvalue weighted by atomic mass is 16.3. The van der Waals surface area contributed by atoms with E-state index in [0.29, 0.717) is 5.89 Å². The molecular weight excluding hydrogens is 276 g/mol. The summed E-state index contributed by atoms with van der Waals surface area (Å²) in [5.74, 6) is 0.856. The average molecular weight is 292 g/mol. The van der Waals surface area contributed by atoms with Crippen LogP contribution in [-0.4, -0.2) is 10.9 Å². The van der Waals surface area contributed by atoms with Crippen LogP contribution < -0.4 is 5.32 Å². The molecule has 4 heteroatoms. The van der Waals surface area contributed by atoms with Gasteiger partial charge in [-0.1, -0.05) is 24.6 Å². The first-order valence-corrected chi connectivity index (χ1v) is 7.56. The van der Waals surface area contributed by atoms with Crippen molar-refractivity contribution in [1.29, 1.82) is 0 Å². The molecule has 1 amide bonds. The number of hydrogen-bond donors (Lipinski definition) is 1. The van der Waals surface area contributed by atoms with Gasteiger partial charge in [0.1, 0.15) is 5.52 Å². The first-order chi connectivity index (χ1) is 10.8. The van der Waals surface area contributed by atoms with E-state index >= 15 is 0 Å². The number of benzene rings is 2. The minimum atomic E-state index is 0.112. The van der Waals surface area contributed by atoms with Crippen LogP contribution in [0.15, 0.2) is 52.9 Å². The molecule has 1 fully saturated rings. The summed E-state index contributed by atoms with van der Waals surface area (Å²) in [6.45, 7) is 0. The molecule has 1 aliphatic rings. The van der Waals surface area contributed by atoms with Gasteiger partial charge >= 0.3 is 0 Å². The van der Waals surface area contributed by atoms with Crippen molar-refractivity contribution in [2.45, 2.75) is 19.3 Å². The summed E-state index contributed by atoms with van der Waals surface area (Å²) in [5.41, 5.74) is 3.25. The molecule has 3 aromatic rings. The van der Waals surface area contributed by atoms with Crippen molar-refractivity contribution in [1.82, 2.24) is 4.98 Å². The number of hydrogen-bond acceptors (Lipinski definition) is 3. The number of oxazole rings is 1. The predicted molar refractivity (Wildman–Crippen MR) is 85.4 cm³/mol. The van der Waals surface area contributed by atoms with Gasteiger partial charge in [0.05, 0.1) is 0 Å². The lowest BCUT2D eigenvalue weighted by Crippen LogP contribution is -2.27. The van der Waals surface area contributed by atoms with Crippen LogP contribution in [0.2, 0.25) is 0 Å². The number of nitrogens with one attached hydrogen (secondary N) is 1. The summed E-state index contributed by atoms with van der Waals surface area (Å²) >= 11 is 0. The number of nitrogens with zero attached hydrogens (tertiary/aromatic N) is 1. The Morgan fingerprint density at radius 1 is 1.14 bits per heavy atom. The molecule has 1 heterocycles. The van der Waals surface area contributed by atoms with Crippen molar-refractivity contribution >= 4 is 22.7 Å². The zero-order chi connectivity index (χ0) is 14.9. The van der Waals surface area contributed by atoms with E-state index in [0.717, 1.165) is 41.6 Å². The van der Waals surface area contributed by atoms with Crippen LogP contribution in [0, 0.1) is 5.92 Å². The molecule has 1 N–H and O–H groups in total. The van der Waals surface area contributed by atoms with E-state index in [1.807, 2.05) is 48.5 Å². The molecule has 1 saturated carbocycles. The second-order valence-electron chi connectivity index (χ2n) is 5.68. The zero-order valence-electron chi connectivity index (χ0n) is 12.1. The Kier molecular flexibility index (Phi) is 3.15. The third-order valence-corrected chi connectivity index (χ3v) is 4.15. The van der Waals surface area contributed by atoms with E-state index in [4.69, 9.17) is 4.42 Å². The molecule has 2 aromatic carbocycles. The fraction of sp³-hybridized carbons (Fsp3) is 0.222. The van der Waals surface area contributed by atoms with Crippen LogP contribution >= 0.6 is 0 Å². The van der Waals surface area contributed by atoms with E-state index in [-0.39, 0.29) is 11.8 Å². The number of rotatable bonds is 3. The van der Waals surface area contributed by atoms with Gasteiger partial charge in [0, 0.05) is 17.2 Å². The first kappa shape index (κ1) is 13.1. The van der Waals surface area contributed by atoms with E-state index in [2.05, 4.69) is 10.3 Å². The minimum absolute atomic E-state index is 0.112. The number of carbonyl (C=O) groups is 1. The summed E-state index contributed by atoms with van der Waals surface area (Å²) in [4.78, 5) is 16.5. The van der Waals surface area contributed by atoms with Crippen LogP contribution in [0.4, 0.5) is 5.69 Å². The van der Waals surface area contributed by atoms with Gasteiger partial charge in [0.15, 0.2) is 5.58 Å². The van der Waals surface area contributed by atoms with Crippen molar-refractivity contribution in [3.05, 3.63) is 48.5 Å². The molecule has 110 valence electrons. The molecule has 4 rings (SSSR count). The average Bonchev–Trinajstić information content (AvgIpc) is 2.89. The molecule has 0 bridgehead atoms. The van der Waals surface area contributed by atoms with E-state index in [1.54, 1.807) is 0 Å². The lowest BCUT2D eigenvalue weighted by atomic mass is 9.85. The third-order valence-electron chi connectivity index (χ3n) is 4.15. The normalized spacial score (nSPS) is 14.7. The molecule has 1 aromatic heterocycles. The molecular formula is C18H16N2O2. The van der Waals surface area contributed by atoms with Gasteiger partial charge in [0.25, 0.3) is 0 Å². The fourth-order valence-corrected chi connectivity index (χ4v) is 2.64. The lowest BCUT2D eigenvalue weighted by molar-refractivity contribution is -0.122. The Balaban J connectivity index is 1.61. The highest BCUT2D eigenvalue weighted by Gasteiger charge is 2.25. The zero-order valence-corrected chi connectivity index (χ0v) is 12.1. The number of aromatic nitrogens is 1. The second kappa shape index (κ2) is 5.30. The van der Waals surface area contributed by atoms with Gasteiger partial charge in [-0.05, 0) is 43.2 Å². The predicted octanol–water partition coefficient (Wildman–Crippen LogP) is 4.23.